The fraction of sp³-hybridized carbons (Fsp3) is 0.290. The van der Waals surface area contributed by atoms with E-state index in [4.69, 9.17) is 5.73 Å². The first-order valence-electron chi connectivity index (χ1n) is 13.8. The number of nitrogens with one attached hydrogen (secondary N) is 1. The highest BCUT2D eigenvalue weighted by atomic mass is 19.4. The van der Waals surface area contributed by atoms with Crippen LogP contribution in [0.15, 0.2) is 54.7 Å². The fourth-order valence-electron chi connectivity index (χ4n) is 5.74. The van der Waals surface area contributed by atoms with Crippen molar-refractivity contribution in [1.29, 1.82) is 0 Å². The molecule has 4 N–H and O–H groups in total. The van der Waals surface area contributed by atoms with E-state index in [1.54, 1.807) is 13.0 Å². The van der Waals surface area contributed by atoms with Crippen LogP contribution in [0.5, 0.6) is 0 Å². The molecule has 2 aromatic heterocycles. The molecule has 1 aliphatic carbocycles. The maximum Gasteiger partial charge on any atom is 0.435 e. The van der Waals surface area contributed by atoms with Crippen molar-refractivity contribution in [3.63, 3.8) is 0 Å². The van der Waals surface area contributed by atoms with Crippen LogP contribution in [-0.4, -0.2) is 31.7 Å². The lowest BCUT2D eigenvalue weighted by atomic mass is 9.94. The van der Waals surface area contributed by atoms with E-state index in [2.05, 4.69) is 15.4 Å². The molecule has 0 saturated heterocycles. The van der Waals surface area contributed by atoms with Crippen LogP contribution in [0.4, 0.5) is 26.3 Å². The summed E-state index contributed by atoms with van der Waals surface area (Å²) < 4.78 is 84.9. The van der Waals surface area contributed by atoms with Crippen molar-refractivity contribution in [2.45, 2.75) is 51.1 Å². The number of pyridine rings is 1. The van der Waals surface area contributed by atoms with Gasteiger partial charge >= 0.3 is 6.18 Å². The van der Waals surface area contributed by atoms with Gasteiger partial charge in [0, 0.05) is 23.4 Å². The maximum atomic E-state index is 14.2. The molecule has 2 heterocycles. The quantitative estimate of drug-likeness (QED) is 0.226. The van der Waals surface area contributed by atoms with Crippen LogP contribution in [0, 0.1) is 23.4 Å². The van der Waals surface area contributed by atoms with Crippen LogP contribution in [0.25, 0.3) is 11.1 Å². The zero-order chi connectivity index (χ0) is 32.8. The number of aliphatic hydroxyl groups excluding tert-OH is 1. The summed E-state index contributed by atoms with van der Waals surface area (Å²) >= 11 is 0. The molecule has 45 heavy (non-hydrogen) atoms. The Morgan fingerprint density at radius 1 is 1.07 bits per heavy atom. The summed E-state index contributed by atoms with van der Waals surface area (Å²) in [5.41, 5.74) is 4.24. The number of aromatic nitrogens is 3. The Bertz CT molecular complexity index is 1770. The molecule has 236 valence electrons. The SMILES string of the molecule is C[C@@H]1[C@H](C)c2c(C(F)(F)F)nn(CC(=O)N[C@@H](Cc3cc(F)cc(F)c3)c3ncccc3-c3ccc(F)c(C(N)=O)c3)c2[C@H]1O. The number of carbonyl (C=O) groups excluding carboxylic acids is 2. The number of hydrogen-bond donors (Lipinski definition) is 3. The van der Waals surface area contributed by atoms with Gasteiger partial charge in [0.25, 0.3) is 5.91 Å². The molecular weight excluding hydrogens is 604 g/mol. The zero-order valence-electron chi connectivity index (χ0n) is 23.9. The molecule has 0 fully saturated rings. The highest BCUT2D eigenvalue weighted by Crippen LogP contribution is 2.49. The Morgan fingerprint density at radius 3 is 2.40 bits per heavy atom. The van der Waals surface area contributed by atoms with Crippen LogP contribution < -0.4 is 11.1 Å². The Labute approximate surface area is 252 Å². The summed E-state index contributed by atoms with van der Waals surface area (Å²) in [6.45, 7) is 2.40. The second kappa shape index (κ2) is 12.0. The van der Waals surface area contributed by atoms with Crippen LogP contribution in [0.2, 0.25) is 0 Å². The molecule has 0 unspecified atom stereocenters. The third-order valence-electron chi connectivity index (χ3n) is 8.02. The molecule has 0 radical (unpaired) electrons. The number of rotatable bonds is 8. The van der Waals surface area contributed by atoms with Crippen molar-refractivity contribution in [1.82, 2.24) is 20.1 Å². The normalized spacial score (nSPS) is 18.5. The minimum atomic E-state index is -4.84. The number of benzene rings is 2. The van der Waals surface area contributed by atoms with Crippen LogP contribution in [0.3, 0.4) is 0 Å². The fourth-order valence-corrected chi connectivity index (χ4v) is 5.74. The Kier molecular flexibility index (Phi) is 8.45. The van der Waals surface area contributed by atoms with Gasteiger partial charge in [-0.3, -0.25) is 19.3 Å². The summed E-state index contributed by atoms with van der Waals surface area (Å²) in [5.74, 6) is -5.76. The topological polar surface area (TPSA) is 123 Å². The van der Waals surface area contributed by atoms with Gasteiger partial charge in [-0.25, -0.2) is 13.2 Å². The second-order valence-corrected chi connectivity index (χ2v) is 11.0. The number of primary amides is 1. The standard InChI is InChI=1S/C31H27F6N5O3/c1-14-15(2)28(44)27-25(14)29(31(35,36)37)41-42(27)13-24(43)40-23(10-16-8-18(32)12-19(33)9-16)26-20(4-3-7-39-26)17-5-6-22(34)21(11-17)30(38)45/h3-9,11-12,14-15,23,28,44H,10,13H2,1-2H3,(H2,38,45)(H,40,43)/t14-,15+,23-,28-/m0/s1. The van der Waals surface area contributed by atoms with E-state index in [0.29, 0.717) is 11.6 Å². The summed E-state index contributed by atoms with van der Waals surface area (Å²) in [7, 11) is 0. The van der Waals surface area contributed by atoms with Gasteiger partial charge in [0.2, 0.25) is 5.91 Å². The summed E-state index contributed by atoms with van der Waals surface area (Å²) in [4.78, 5) is 29.6. The summed E-state index contributed by atoms with van der Waals surface area (Å²) in [6, 6.07) is 8.26. The molecule has 0 saturated carbocycles. The smallest absolute Gasteiger partial charge is 0.387 e. The van der Waals surface area contributed by atoms with E-state index in [-0.39, 0.29) is 34.5 Å². The molecular formula is C31H27F6N5O3. The largest absolute Gasteiger partial charge is 0.435 e. The molecule has 0 bridgehead atoms. The molecule has 2 amide bonds. The van der Waals surface area contributed by atoms with E-state index < -0.39 is 77.2 Å². The number of fused-ring (bicyclic) bond motifs is 1. The first-order chi connectivity index (χ1) is 21.1. The van der Waals surface area contributed by atoms with E-state index in [0.717, 1.165) is 22.9 Å². The maximum absolute atomic E-state index is 14.2. The van der Waals surface area contributed by atoms with Gasteiger partial charge < -0.3 is 16.2 Å². The number of alkyl halides is 3. The molecule has 4 aromatic rings. The molecule has 1 aliphatic rings. The van der Waals surface area contributed by atoms with Gasteiger partial charge in [0.05, 0.1) is 29.1 Å². The summed E-state index contributed by atoms with van der Waals surface area (Å²) in [6.07, 6.45) is -5.00. The lowest BCUT2D eigenvalue weighted by Gasteiger charge is -2.22. The van der Waals surface area contributed by atoms with Crippen LogP contribution in [0.1, 0.15) is 70.5 Å². The number of carbonyl (C=O) groups is 2. The highest BCUT2D eigenvalue weighted by molar-refractivity contribution is 5.94. The summed E-state index contributed by atoms with van der Waals surface area (Å²) in [5, 5.41) is 17.1. The van der Waals surface area contributed by atoms with Crippen molar-refractivity contribution in [3.05, 3.63) is 106 Å². The van der Waals surface area contributed by atoms with E-state index in [1.807, 2.05) is 0 Å². The molecule has 14 heteroatoms. The van der Waals surface area contributed by atoms with Crippen molar-refractivity contribution < 1.29 is 41.0 Å². The molecule has 2 aromatic carbocycles. The van der Waals surface area contributed by atoms with E-state index in [1.165, 1.54) is 31.3 Å². The van der Waals surface area contributed by atoms with Gasteiger partial charge in [0.1, 0.15) is 24.0 Å². The Balaban J connectivity index is 1.55. The van der Waals surface area contributed by atoms with Gasteiger partial charge in [-0.05, 0) is 59.7 Å². The van der Waals surface area contributed by atoms with Gasteiger partial charge in [-0.2, -0.15) is 18.3 Å². The predicted molar refractivity (Wildman–Crippen MR) is 149 cm³/mol. The third-order valence-corrected chi connectivity index (χ3v) is 8.02. The predicted octanol–water partition coefficient (Wildman–Crippen LogP) is 5.37. The van der Waals surface area contributed by atoms with Crippen molar-refractivity contribution >= 4 is 11.8 Å². The number of hydrogen-bond acceptors (Lipinski definition) is 5. The van der Waals surface area contributed by atoms with Crippen molar-refractivity contribution in [2.75, 3.05) is 0 Å². The van der Waals surface area contributed by atoms with E-state index >= 15 is 0 Å². The first-order valence-corrected chi connectivity index (χ1v) is 13.8. The molecule has 5 rings (SSSR count). The third kappa shape index (κ3) is 6.27. The highest BCUT2D eigenvalue weighted by Gasteiger charge is 2.48. The molecule has 4 atom stereocenters. The van der Waals surface area contributed by atoms with Crippen LogP contribution >= 0.6 is 0 Å². The molecule has 8 nitrogen and oxygen atoms in total. The number of nitrogens with zero attached hydrogens (tertiary/aromatic N) is 3. The lowest BCUT2D eigenvalue weighted by molar-refractivity contribution is -0.142. The van der Waals surface area contributed by atoms with Gasteiger partial charge in [-0.1, -0.05) is 26.0 Å². The number of halogens is 6. The average molecular weight is 632 g/mol. The Morgan fingerprint density at radius 2 is 1.76 bits per heavy atom. The van der Waals surface area contributed by atoms with Gasteiger partial charge in [0.15, 0.2) is 5.69 Å². The minimum Gasteiger partial charge on any atom is -0.387 e. The zero-order valence-corrected chi connectivity index (χ0v) is 23.9. The second-order valence-electron chi connectivity index (χ2n) is 11.0. The number of aliphatic hydroxyl groups is 1. The number of nitrogens with two attached hydrogens (primary N) is 1. The average Bonchev–Trinajstić information content (AvgIpc) is 3.44. The Hall–Kier alpha value is -4.72. The van der Waals surface area contributed by atoms with E-state index in [9.17, 15) is 41.0 Å². The van der Waals surface area contributed by atoms with Crippen LogP contribution in [-0.2, 0) is 23.9 Å². The van der Waals surface area contributed by atoms with Crippen molar-refractivity contribution in [3.8, 4) is 11.1 Å². The van der Waals surface area contributed by atoms with Crippen molar-refractivity contribution in [2.24, 2.45) is 11.7 Å². The number of amides is 2. The monoisotopic (exact) mass is 631 g/mol. The minimum absolute atomic E-state index is 0.115. The first kappa shape index (κ1) is 31.7. The van der Waals surface area contributed by atoms with Gasteiger partial charge in [-0.15, -0.1) is 0 Å². The lowest BCUT2D eigenvalue weighted by Crippen LogP contribution is -2.34. The molecule has 0 aliphatic heterocycles. The molecule has 0 spiro atoms.